The van der Waals surface area contributed by atoms with E-state index in [0.29, 0.717) is 37.6 Å². The van der Waals surface area contributed by atoms with Gasteiger partial charge >= 0.3 is 0 Å². The summed E-state index contributed by atoms with van der Waals surface area (Å²) in [5, 5.41) is 3.47. The van der Waals surface area contributed by atoms with Gasteiger partial charge in [-0.25, -0.2) is 8.42 Å². The lowest BCUT2D eigenvalue weighted by Gasteiger charge is -2.31. The monoisotopic (exact) mass is 478 g/mol. The second-order valence-corrected chi connectivity index (χ2v) is 10.4. The Morgan fingerprint density at radius 2 is 1.94 bits per heavy atom. The molecule has 174 valence electrons. The maximum atomic E-state index is 12.9. The summed E-state index contributed by atoms with van der Waals surface area (Å²) in [5.74, 6) is 0.471. The molecule has 1 amide bonds. The molecule has 1 atom stereocenters. The SMILES string of the molecule is CCCOc1ccccc1CCCNC(=O)[C@@H]1CCCN(S(=O)(=O)c2ccc(Cl)cc2)C1. The summed E-state index contributed by atoms with van der Waals surface area (Å²) in [6.45, 7) is 3.92. The molecule has 0 bridgehead atoms. The van der Waals surface area contributed by atoms with Gasteiger partial charge in [-0.1, -0.05) is 36.7 Å². The van der Waals surface area contributed by atoms with Crippen LogP contribution < -0.4 is 10.1 Å². The molecule has 2 aromatic rings. The number of para-hydroxylation sites is 1. The molecule has 6 nitrogen and oxygen atoms in total. The number of benzene rings is 2. The van der Waals surface area contributed by atoms with Gasteiger partial charge in [-0.3, -0.25) is 4.79 Å². The fraction of sp³-hybridized carbons (Fsp3) is 0.458. The van der Waals surface area contributed by atoms with Crippen molar-refractivity contribution in [2.24, 2.45) is 5.92 Å². The normalized spacial score (nSPS) is 17.1. The zero-order chi connectivity index (χ0) is 23.0. The first-order chi connectivity index (χ1) is 15.4. The molecule has 0 aromatic heterocycles. The van der Waals surface area contributed by atoms with Crippen molar-refractivity contribution in [3.05, 3.63) is 59.1 Å². The third kappa shape index (κ3) is 6.47. The van der Waals surface area contributed by atoms with Gasteiger partial charge in [-0.15, -0.1) is 0 Å². The molecule has 2 aromatic carbocycles. The Morgan fingerprint density at radius 3 is 2.69 bits per heavy atom. The topological polar surface area (TPSA) is 75.7 Å². The van der Waals surface area contributed by atoms with Crippen LogP contribution in [0.2, 0.25) is 5.02 Å². The summed E-state index contributed by atoms with van der Waals surface area (Å²) < 4.78 is 33.1. The van der Waals surface area contributed by atoms with Gasteiger partial charge in [0.2, 0.25) is 15.9 Å². The predicted octanol–water partition coefficient (Wildman–Crippen LogP) is 4.28. The number of nitrogens with one attached hydrogen (secondary N) is 1. The van der Waals surface area contributed by atoms with Gasteiger partial charge in [-0.2, -0.15) is 4.31 Å². The van der Waals surface area contributed by atoms with Crippen LogP contribution >= 0.6 is 11.6 Å². The first kappa shape index (κ1) is 24.6. The Labute approximate surface area is 196 Å². The van der Waals surface area contributed by atoms with Crippen LogP contribution in [0.25, 0.3) is 0 Å². The molecule has 1 aliphatic heterocycles. The van der Waals surface area contributed by atoms with Crippen molar-refractivity contribution in [2.45, 2.75) is 43.9 Å². The number of ether oxygens (including phenoxy) is 1. The first-order valence-corrected chi connectivity index (χ1v) is 13.0. The number of carbonyl (C=O) groups excluding carboxylic acids is 1. The zero-order valence-electron chi connectivity index (χ0n) is 18.4. The Balaban J connectivity index is 1.50. The summed E-state index contributed by atoms with van der Waals surface area (Å²) in [5.41, 5.74) is 1.13. The van der Waals surface area contributed by atoms with Gasteiger partial charge < -0.3 is 10.1 Å². The quantitative estimate of drug-likeness (QED) is 0.517. The number of hydrogen-bond acceptors (Lipinski definition) is 4. The molecule has 3 rings (SSSR count). The van der Waals surface area contributed by atoms with Crippen LogP contribution in [0, 0.1) is 5.92 Å². The summed E-state index contributed by atoms with van der Waals surface area (Å²) in [6, 6.07) is 14.1. The molecule has 1 fully saturated rings. The summed E-state index contributed by atoms with van der Waals surface area (Å²) in [7, 11) is -3.64. The molecule has 1 aliphatic rings. The lowest BCUT2D eigenvalue weighted by Crippen LogP contribution is -2.45. The lowest BCUT2D eigenvalue weighted by molar-refractivity contribution is -0.126. The minimum Gasteiger partial charge on any atom is -0.493 e. The highest BCUT2D eigenvalue weighted by atomic mass is 35.5. The number of halogens is 1. The van der Waals surface area contributed by atoms with Gasteiger partial charge in [0.15, 0.2) is 0 Å². The third-order valence-electron chi connectivity index (χ3n) is 5.56. The van der Waals surface area contributed by atoms with E-state index in [0.717, 1.165) is 30.6 Å². The van der Waals surface area contributed by atoms with E-state index >= 15 is 0 Å². The van der Waals surface area contributed by atoms with Crippen LogP contribution in [0.3, 0.4) is 0 Å². The molecular weight excluding hydrogens is 448 g/mol. The summed E-state index contributed by atoms with van der Waals surface area (Å²) in [6.07, 6.45) is 3.90. The third-order valence-corrected chi connectivity index (χ3v) is 7.69. The predicted molar refractivity (Wildman–Crippen MR) is 126 cm³/mol. The zero-order valence-corrected chi connectivity index (χ0v) is 20.0. The molecule has 1 heterocycles. The van der Waals surface area contributed by atoms with Crippen molar-refractivity contribution in [1.82, 2.24) is 9.62 Å². The highest BCUT2D eigenvalue weighted by molar-refractivity contribution is 7.89. The van der Waals surface area contributed by atoms with E-state index in [1.54, 1.807) is 12.1 Å². The summed E-state index contributed by atoms with van der Waals surface area (Å²) >= 11 is 5.87. The average molecular weight is 479 g/mol. The number of sulfonamides is 1. The minimum atomic E-state index is -3.64. The van der Waals surface area contributed by atoms with Crippen LogP contribution in [0.4, 0.5) is 0 Å². The van der Waals surface area contributed by atoms with Crippen molar-refractivity contribution in [2.75, 3.05) is 26.2 Å². The maximum Gasteiger partial charge on any atom is 0.243 e. The highest BCUT2D eigenvalue weighted by Gasteiger charge is 2.33. The highest BCUT2D eigenvalue weighted by Crippen LogP contribution is 2.25. The Bertz CT molecular complexity index is 995. The fourth-order valence-corrected chi connectivity index (χ4v) is 5.48. The number of aryl methyl sites for hydroxylation is 1. The van der Waals surface area contributed by atoms with E-state index < -0.39 is 10.0 Å². The summed E-state index contributed by atoms with van der Waals surface area (Å²) in [4.78, 5) is 12.9. The Morgan fingerprint density at radius 1 is 1.19 bits per heavy atom. The molecule has 1 N–H and O–H groups in total. The van der Waals surface area contributed by atoms with Crippen molar-refractivity contribution in [1.29, 1.82) is 0 Å². The fourth-order valence-electron chi connectivity index (χ4n) is 3.83. The van der Waals surface area contributed by atoms with Crippen LogP contribution in [-0.2, 0) is 21.2 Å². The largest absolute Gasteiger partial charge is 0.493 e. The van der Waals surface area contributed by atoms with E-state index in [2.05, 4.69) is 12.2 Å². The van der Waals surface area contributed by atoms with Crippen LogP contribution in [0.1, 0.15) is 38.2 Å². The smallest absolute Gasteiger partial charge is 0.243 e. The number of amides is 1. The number of nitrogens with zero attached hydrogens (tertiary/aromatic N) is 1. The van der Waals surface area contributed by atoms with Crippen LogP contribution in [0.15, 0.2) is 53.4 Å². The first-order valence-electron chi connectivity index (χ1n) is 11.2. The number of rotatable bonds is 10. The number of hydrogen-bond donors (Lipinski definition) is 1. The molecule has 8 heteroatoms. The van der Waals surface area contributed by atoms with Gasteiger partial charge in [0.05, 0.1) is 17.4 Å². The standard InChI is InChI=1S/C24H31ClN2O4S/c1-2-17-31-23-10-4-3-7-19(23)8-5-15-26-24(28)20-9-6-16-27(18-20)32(29,30)22-13-11-21(25)12-14-22/h3-4,7,10-14,20H,2,5-6,8-9,15-18H2,1H3,(H,26,28)/t20-/m1/s1. The molecule has 1 saturated heterocycles. The van der Waals surface area contributed by atoms with E-state index in [1.807, 2.05) is 24.3 Å². The van der Waals surface area contributed by atoms with Gasteiger partial charge in [-0.05, 0) is 68.0 Å². The van der Waals surface area contributed by atoms with E-state index in [-0.39, 0.29) is 23.3 Å². The van der Waals surface area contributed by atoms with Crippen molar-refractivity contribution in [3.8, 4) is 5.75 Å². The van der Waals surface area contributed by atoms with Crippen molar-refractivity contribution < 1.29 is 17.9 Å². The number of carbonyl (C=O) groups is 1. The van der Waals surface area contributed by atoms with Crippen LogP contribution in [-0.4, -0.2) is 44.9 Å². The molecule has 0 unspecified atom stereocenters. The molecule has 32 heavy (non-hydrogen) atoms. The molecule has 0 aliphatic carbocycles. The van der Waals surface area contributed by atoms with Crippen molar-refractivity contribution >= 4 is 27.5 Å². The van der Waals surface area contributed by atoms with Gasteiger partial charge in [0.1, 0.15) is 5.75 Å². The second-order valence-electron chi connectivity index (χ2n) is 8.01. The van der Waals surface area contributed by atoms with Crippen molar-refractivity contribution in [3.63, 3.8) is 0 Å². The minimum absolute atomic E-state index is 0.0866. The van der Waals surface area contributed by atoms with Gasteiger partial charge in [0, 0.05) is 24.7 Å². The van der Waals surface area contributed by atoms with Gasteiger partial charge in [0.25, 0.3) is 0 Å². The second kappa shape index (κ2) is 11.7. The van der Waals surface area contributed by atoms with E-state index in [4.69, 9.17) is 16.3 Å². The molecular formula is C24H31ClN2O4S. The average Bonchev–Trinajstić information content (AvgIpc) is 2.81. The maximum absolute atomic E-state index is 12.9. The lowest BCUT2D eigenvalue weighted by atomic mass is 9.99. The Kier molecular flexibility index (Phi) is 8.96. The molecule has 0 saturated carbocycles. The van der Waals surface area contributed by atoms with Crippen LogP contribution in [0.5, 0.6) is 5.75 Å². The molecule has 0 radical (unpaired) electrons. The molecule has 0 spiro atoms. The van der Waals surface area contributed by atoms with E-state index in [1.165, 1.54) is 16.4 Å². The Hall–Kier alpha value is -2.09. The van der Waals surface area contributed by atoms with E-state index in [9.17, 15) is 13.2 Å². The number of piperidine rings is 1.